The molecule has 0 aliphatic carbocycles. The van der Waals surface area contributed by atoms with Crippen LogP contribution in [0.25, 0.3) is 5.69 Å². The lowest BCUT2D eigenvalue weighted by atomic mass is 9.90. The number of amides is 1. The predicted octanol–water partition coefficient (Wildman–Crippen LogP) is 6.87. The lowest BCUT2D eigenvalue weighted by molar-refractivity contribution is -0.132. The van der Waals surface area contributed by atoms with Gasteiger partial charge < -0.3 is 4.90 Å². The van der Waals surface area contributed by atoms with Gasteiger partial charge in [-0.25, -0.2) is 0 Å². The van der Waals surface area contributed by atoms with E-state index in [1.807, 2.05) is 42.5 Å². The quantitative estimate of drug-likeness (QED) is 0.161. The lowest BCUT2D eigenvalue weighted by Crippen LogP contribution is -2.38. The number of aromatic nitrogens is 3. The molecule has 0 unspecified atom stereocenters. The summed E-state index contributed by atoms with van der Waals surface area (Å²) in [6, 6.07) is 28.7. The molecule has 38 heavy (non-hydrogen) atoms. The van der Waals surface area contributed by atoms with Gasteiger partial charge in [0.15, 0.2) is 5.16 Å². The summed E-state index contributed by atoms with van der Waals surface area (Å²) in [5.41, 5.74) is 3.52. The fourth-order valence-corrected chi connectivity index (χ4v) is 6.13. The molecule has 0 N–H and O–H groups in total. The number of likely N-dealkylation sites (tertiary alicyclic amines) is 1. The van der Waals surface area contributed by atoms with Gasteiger partial charge in [0, 0.05) is 36.7 Å². The van der Waals surface area contributed by atoms with Gasteiger partial charge >= 0.3 is 0 Å². The fourth-order valence-electron chi connectivity index (χ4n) is 5.04. The number of benzene rings is 3. The first kappa shape index (κ1) is 26.5. The first-order valence-electron chi connectivity index (χ1n) is 13.3. The van der Waals surface area contributed by atoms with E-state index in [1.165, 1.54) is 11.1 Å². The minimum Gasteiger partial charge on any atom is -0.343 e. The lowest BCUT2D eigenvalue weighted by Gasteiger charge is -2.32. The van der Waals surface area contributed by atoms with E-state index in [-0.39, 0.29) is 5.91 Å². The van der Waals surface area contributed by atoms with Gasteiger partial charge in [-0.3, -0.25) is 9.36 Å². The van der Waals surface area contributed by atoms with Crippen molar-refractivity contribution in [1.82, 2.24) is 19.7 Å². The zero-order valence-corrected chi connectivity index (χ0v) is 23.1. The van der Waals surface area contributed by atoms with E-state index < -0.39 is 0 Å². The maximum atomic E-state index is 12.9. The molecule has 1 aliphatic heterocycles. The highest BCUT2D eigenvalue weighted by Gasteiger charge is 2.23. The van der Waals surface area contributed by atoms with E-state index in [9.17, 15) is 4.79 Å². The fraction of sp³-hybridized carbons (Fsp3) is 0.323. The van der Waals surface area contributed by atoms with Crippen LogP contribution in [0.15, 0.2) is 90.1 Å². The van der Waals surface area contributed by atoms with Crippen LogP contribution in [0.1, 0.15) is 42.6 Å². The van der Waals surface area contributed by atoms with Gasteiger partial charge in [-0.1, -0.05) is 90.1 Å². The van der Waals surface area contributed by atoms with Gasteiger partial charge in [-0.15, -0.1) is 10.2 Å². The van der Waals surface area contributed by atoms with Crippen molar-refractivity contribution in [2.24, 2.45) is 5.92 Å². The molecule has 0 saturated carbocycles. The van der Waals surface area contributed by atoms with Gasteiger partial charge in [-0.2, -0.15) is 0 Å². The van der Waals surface area contributed by atoms with Crippen molar-refractivity contribution < 1.29 is 4.79 Å². The zero-order chi connectivity index (χ0) is 26.2. The number of halogens is 1. The first-order valence-corrected chi connectivity index (χ1v) is 14.7. The second-order valence-corrected chi connectivity index (χ2v) is 11.3. The van der Waals surface area contributed by atoms with Crippen molar-refractivity contribution in [3.8, 4) is 5.69 Å². The minimum absolute atomic E-state index is 0.268. The van der Waals surface area contributed by atoms with Crippen LogP contribution >= 0.6 is 23.4 Å². The molecule has 1 amide bonds. The molecule has 1 aliphatic rings. The summed E-state index contributed by atoms with van der Waals surface area (Å²) in [5, 5.41) is 10.5. The molecule has 0 atom stereocenters. The van der Waals surface area contributed by atoms with Crippen LogP contribution in [-0.2, 0) is 17.6 Å². The third kappa shape index (κ3) is 7.06. The van der Waals surface area contributed by atoms with Gasteiger partial charge in [0.05, 0.1) is 5.69 Å². The summed E-state index contributed by atoms with van der Waals surface area (Å²) in [6.45, 7) is 1.74. The van der Waals surface area contributed by atoms with Gasteiger partial charge in [0.25, 0.3) is 0 Å². The molecule has 196 valence electrons. The molecule has 1 aromatic heterocycles. The summed E-state index contributed by atoms with van der Waals surface area (Å²) in [5.74, 6) is 2.61. The Kier molecular flexibility index (Phi) is 9.15. The minimum atomic E-state index is 0.268. The van der Waals surface area contributed by atoms with Crippen LogP contribution in [0.2, 0.25) is 5.02 Å². The van der Waals surface area contributed by atoms with Gasteiger partial charge in [0.1, 0.15) is 5.82 Å². The van der Waals surface area contributed by atoms with Crippen LogP contribution in [0.3, 0.4) is 0 Å². The van der Waals surface area contributed by atoms with Crippen molar-refractivity contribution in [2.45, 2.75) is 43.7 Å². The van der Waals surface area contributed by atoms with E-state index in [1.54, 1.807) is 11.8 Å². The number of nitrogens with zero attached hydrogens (tertiary/aromatic N) is 4. The Morgan fingerprint density at radius 1 is 0.895 bits per heavy atom. The SMILES string of the molecule is O=C(CCCSc1nnc(Cc2ccccc2)n1-c1cccc(Cl)c1)N1CCC(Cc2ccccc2)CC1. The Balaban J connectivity index is 1.14. The third-order valence-electron chi connectivity index (χ3n) is 7.07. The van der Waals surface area contributed by atoms with E-state index in [0.29, 0.717) is 23.8 Å². The van der Waals surface area contributed by atoms with E-state index >= 15 is 0 Å². The smallest absolute Gasteiger partial charge is 0.222 e. The molecule has 2 heterocycles. The van der Waals surface area contributed by atoms with E-state index in [4.69, 9.17) is 11.6 Å². The topological polar surface area (TPSA) is 51.0 Å². The summed E-state index contributed by atoms with van der Waals surface area (Å²) in [4.78, 5) is 14.9. The second kappa shape index (κ2) is 13.1. The van der Waals surface area contributed by atoms with Gasteiger partial charge in [0.2, 0.25) is 5.91 Å². The number of carbonyl (C=O) groups is 1. The average molecular weight is 545 g/mol. The predicted molar refractivity (Wildman–Crippen MR) is 155 cm³/mol. The molecule has 1 fully saturated rings. The molecular weight excluding hydrogens is 512 g/mol. The number of hydrogen-bond acceptors (Lipinski definition) is 4. The highest BCUT2D eigenvalue weighted by Crippen LogP contribution is 2.27. The Morgan fingerprint density at radius 3 is 2.32 bits per heavy atom. The Hall–Kier alpha value is -3.09. The van der Waals surface area contributed by atoms with Crippen molar-refractivity contribution in [3.05, 3.63) is 107 Å². The summed E-state index contributed by atoms with van der Waals surface area (Å²) >= 11 is 7.95. The standard InChI is InChI=1S/C31H33ClN4OS/c32-27-13-7-14-28(23-27)36-29(22-25-11-5-2-6-12-25)33-34-31(36)38-20-8-15-30(37)35-18-16-26(17-19-35)21-24-9-3-1-4-10-24/h1-7,9-14,23,26H,8,15-22H2. The number of piperidine rings is 1. The Bertz CT molecular complexity index is 1320. The summed E-state index contributed by atoms with van der Waals surface area (Å²) in [7, 11) is 0. The number of carbonyl (C=O) groups excluding carboxylic acids is 1. The molecular formula is C31H33ClN4OS. The summed E-state index contributed by atoms with van der Waals surface area (Å²) < 4.78 is 2.09. The van der Waals surface area contributed by atoms with Crippen LogP contribution in [0.5, 0.6) is 0 Å². The van der Waals surface area contributed by atoms with Crippen molar-refractivity contribution in [3.63, 3.8) is 0 Å². The summed E-state index contributed by atoms with van der Waals surface area (Å²) in [6.07, 6.45) is 5.34. The highest BCUT2D eigenvalue weighted by molar-refractivity contribution is 7.99. The molecule has 0 radical (unpaired) electrons. The third-order valence-corrected chi connectivity index (χ3v) is 8.32. The van der Waals surface area contributed by atoms with Crippen molar-refractivity contribution in [1.29, 1.82) is 0 Å². The van der Waals surface area contributed by atoms with Crippen LogP contribution in [0, 0.1) is 5.92 Å². The Morgan fingerprint density at radius 2 is 1.61 bits per heavy atom. The maximum Gasteiger partial charge on any atom is 0.222 e. The molecule has 5 nitrogen and oxygen atoms in total. The molecule has 0 bridgehead atoms. The largest absolute Gasteiger partial charge is 0.343 e. The molecule has 1 saturated heterocycles. The van der Waals surface area contributed by atoms with E-state index in [2.05, 4.69) is 62.1 Å². The van der Waals surface area contributed by atoms with Crippen LogP contribution in [-0.4, -0.2) is 44.4 Å². The molecule has 3 aromatic carbocycles. The molecule has 4 aromatic rings. The van der Waals surface area contributed by atoms with Crippen LogP contribution in [0.4, 0.5) is 0 Å². The number of rotatable bonds is 10. The van der Waals surface area contributed by atoms with Crippen molar-refractivity contribution >= 4 is 29.3 Å². The van der Waals surface area contributed by atoms with Crippen LogP contribution < -0.4 is 0 Å². The monoisotopic (exact) mass is 544 g/mol. The van der Waals surface area contributed by atoms with E-state index in [0.717, 1.165) is 61.2 Å². The number of hydrogen-bond donors (Lipinski definition) is 0. The highest BCUT2D eigenvalue weighted by atomic mass is 35.5. The second-order valence-electron chi connectivity index (χ2n) is 9.84. The molecule has 5 rings (SSSR count). The maximum absolute atomic E-state index is 12.9. The zero-order valence-electron chi connectivity index (χ0n) is 21.5. The Labute approximate surface area is 234 Å². The molecule has 7 heteroatoms. The molecule has 0 spiro atoms. The normalized spacial score (nSPS) is 14.1. The first-order chi connectivity index (χ1) is 18.7. The van der Waals surface area contributed by atoms with Gasteiger partial charge in [-0.05, 0) is 60.9 Å². The number of thioether (sulfide) groups is 1. The van der Waals surface area contributed by atoms with Crippen molar-refractivity contribution in [2.75, 3.05) is 18.8 Å². The average Bonchev–Trinajstić information content (AvgIpc) is 3.34.